The highest BCUT2D eigenvalue weighted by Gasteiger charge is 2.14. The summed E-state index contributed by atoms with van der Waals surface area (Å²) in [4.78, 5) is 10.6. The van der Waals surface area contributed by atoms with E-state index in [-0.39, 0.29) is 23.6 Å². The fourth-order valence-electron chi connectivity index (χ4n) is 1.30. The Morgan fingerprint density at radius 2 is 2.27 bits per heavy atom. The Morgan fingerprint density at radius 3 is 2.73 bits per heavy atom. The van der Waals surface area contributed by atoms with E-state index in [1.807, 2.05) is 6.07 Å². The van der Waals surface area contributed by atoms with Crippen LogP contribution in [0.1, 0.15) is 16.7 Å². The molecule has 0 saturated carbocycles. The van der Waals surface area contributed by atoms with Crippen molar-refractivity contribution >= 4 is 17.6 Å². The molecule has 4 nitrogen and oxygen atoms in total. The first-order chi connectivity index (χ1) is 7.10. The SMILES string of the molecule is N#Cc1c(CN)ccc(Cl)c1CC(=O)O. The topological polar surface area (TPSA) is 87.1 Å². The Labute approximate surface area is 91.9 Å². The van der Waals surface area contributed by atoms with E-state index in [1.54, 1.807) is 12.1 Å². The minimum atomic E-state index is -1.03. The van der Waals surface area contributed by atoms with Crippen molar-refractivity contribution in [3.05, 3.63) is 33.8 Å². The standard InChI is InChI=1S/C10H9ClN2O2/c11-9-2-1-6(4-12)8(5-13)7(9)3-10(14)15/h1-2H,3-4,12H2,(H,14,15). The van der Waals surface area contributed by atoms with Crippen LogP contribution in [0, 0.1) is 11.3 Å². The van der Waals surface area contributed by atoms with Gasteiger partial charge in [-0.25, -0.2) is 0 Å². The number of nitrogens with two attached hydrogens (primary N) is 1. The monoisotopic (exact) mass is 224 g/mol. The van der Waals surface area contributed by atoms with Gasteiger partial charge in [0.25, 0.3) is 0 Å². The lowest BCUT2D eigenvalue weighted by atomic mass is 9.99. The van der Waals surface area contributed by atoms with Gasteiger partial charge in [0.2, 0.25) is 0 Å². The summed E-state index contributed by atoms with van der Waals surface area (Å²) in [5.41, 5.74) is 6.64. The zero-order valence-corrected chi connectivity index (χ0v) is 8.58. The summed E-state index contributed by atoms with van der Waals surface area (Å²) in [7, 11) is 0. The summed E-state index contributed by atoms with van der Waals surface area (Å²) < 4.78 is 0. The number of hydrogen-bond acceptors (Lipinski definition) is 3. The van der Waals surface area contributed by atoms with Crippen molar-refractivity contribution in [3.8, 4) is 6.07 Å². The van der Waals surface area contributed by atoms with E-state index < -0.39 is 5.97 Å². The molecule has 0 atom stereocenters. The van der Waals surface area contributed by atoms with Crippen molar-refractivity contribution < 1.29 is 9.90 Å². The number of aliphatic carboxylic acids is 1. The summed E-state index contributed by atoms with van der Waals surface area (Å²) in [6.07, 6.45) is -0.268. The summed E-state index contributed by atoms with van der Waals surface area (Å²) in [5, 5.41) is 17.9. The highest BCUT2D eigenvalue weighted by Crippen LogP contribution is 2.23. The van der Waals surface area contributed by atoms with Crippen molar-refractivity contribution in [1.29, 1.82) is 5.26 Å². The fourth-order valence-corrected chi connectivity index (χ4v) is 1.53. The van der Waals surface area contributed by atoms with Crippen LogP contribution >= 0.6 is 11.6 Å². The molecule has 1 aromatic rings. The number of nitriles is 1. The van der Waals surface area contributed by atoms with Gasteiger partial charge in [0.05, 0.1) is 18.1 Å². The van der Waals surface area contributed by atoms with Gasteiger partial charge in [0.1, 0.15) is 0 Å². The highest BCUT2D eigenvalue weighted by atomic mass is 35.5. The van der Waals surface area contributed by atoms with Crippen LogP contribution in [0.5, 0.6) is 0 Å². The molecular formula is C10H9ClN2O2. The van der Waals surface area contributed by atoms with Crippen molar-refractivity contribution in [3.63, 3.8) is 0 Å². The van der Waals surface area contributed by atoms with Crippen LogP contribution in [0.3, 0.4) is 0 Å². The Bertz CT molecular complexity index is 438. The second kappa shape index (κ2) is 4.78. The van der Waals surface area contributed by atoms with Crippen LogP contribution in [0.2, 0.25) is 5.02 Å². The van der Waals surface area contributed by atoms with Crippen LogP contribution in [0.4, 0.5) is 0 Å². The quantitative estimate of drug-likeness (QED) is 0.810. The predicted octanol–water partition coefficient (Wildman–Crippen LogP) is 1.30. The van der Waals surface area contributed by atoms with E-state index in [0.29, 0.717) is 11.1 Å². The van der Waals surface area contributed by atoms with Gasteiger partial charge in [-0.1, -0.05) is 17.7 Å². The third kappa shape index (κ3) is 2.46. The van der Waals surface area contributed by atoms with Gasteiger partial charge in [-0.15, -0.1) is 0 Å². The van der Waals surface area contributed by atoms with Crippen molar-refractivity contribution in [2.75, 3.05) is 0 Å². The van der Waals surface area contributed by atoms with Crippen LogP contribution < -0.4 is 5.73 Å². The van der Waals surface area contributed by atoms with Gasteiger partial charge in [0, 0.05) is 11.6 Å². The maximum Gasteiger partial charge on any atom is 0.307 e. The molecule has 0 amide bonds. The molecule has 0 aromatic heterocycles. The molecule has 0 bridgehead atoms. The Balaban J connectivity index is 3.33. The molecule has 5 heteroatoms. The first-order valence-electron chi connectivity index (χ1n) is 4.22. The van der Waals surface area contributed by atoms with Crippen LogP contribution in [0.15, 0.2) is 12.1 Å². The number of carboxylic acid groups (broad SMARTS) is 1. The number of nitrogens with zero attached hydrogens (tertiary/aromatic N) is 1. The molecule has 0 unspecified atom stereocenters. The number of benzene rings is 1. The van der Waals surface area contributed by atoms with E-state index in [0.717, 1.165) is 0 Å². The molecule has 0 heterocycles. The molecule has 0 fully saturated rings. The molecule has 1 rings (SSSR count). The lowest BCUT2D eigenvalue weighted by Crippen LogP contribution is -2.07. The zero-order valence-electron chi connectivity index (χ0n) is 7.83. The average Bonchev–Trinajstić information content (AvgIpc) is 2.20. The van der Waals surface area contributed by atoms with Crippen LogP contribution in [0.25, 0.3) is 0 Å². The van der Waals surface area contributed by atoms with Gasteiger partial charge in [0.15, 0.2) is 0 Å². The smallest absolute Gasteiger partial charge is 0.307 e. The molecule has 78 valence electrons. The molecule has 0 radical (unpaired) electrons. The number of carboxylic acids is 1. The maximum absolute atomic E-state index is 10.6. The highest BCUT2D eigenvalue weighted by molar-refractivity contribution is 6.31. The molecule has 1 aromatic carbocycles. The van der Waals surface area contributed by atoms with Crippen molar-refractivity contribution in [2.24, 2.45) is 5.73 Å². The van der Waals surface area contributed by atoms with E-state index in [1.165, 1.54) is 0 Å². The van der Waals surface area contributed by atoms with Gasteiger partial charge >= 0.3 is 5.97 Å². The number of carbonyl (C=O) groups is 1. The summed E-state index contributed by atoms with van der Waals surface area (Å²) in [6.45, 7) is 0.187. The van der Waals surface area contributed by atoms with Crippen LogP contribution in [-0.4, -0.2) is 11.1 Å². The molecule has 0 aliphatic rings. The lowest BCUT2D eigenvalue weighted by molar-refractivity contribution is -0.136. The molecule has 3 N–H and O–H groups in total. The first-order valence-corrected chi connectivity index (χ1v) is 4.60. The molecule has 0 spiro atoms. The largest absolute Gasteiger partial charge is 0.481 e. The van der Waals surface area contributed by atoms with Crippen LogP contribution in [-0.2, 0) is 17.8 Å². The van der Waals surface area contributed by atoms with Gasteiger partial charge in [-0.3, -0.25) is 4.79 Å². The summed E-state index contributed by atoms with van der Waals surface area (Å²) >= 11 is 5.83. The van der Waals surface area contributed by atoms with Crippen molar-refractivity contribution in [1.82, 2.24) is 0 Å². The summed E-state index contributed by atoms with van der Waals surface area (Å²) in [5.74, 6) is -1.03. The van der Waals surface area contributed by atoms with Gasteiger partial charge < -0.3 is 10.8 Å². The Morgan fingerprint density at radius 1 is 1.60 bits per heavy atom. The third-order valence-electron chi connectivity index (χ3n) is 2.00. The minimum absolute atomic E-state index is 0.187. The second-order valence-corrected chi connectivity index (χ2v) is 3.35. The zero-order chi connectivity index (χ0) is 11.4. The summed E-state index contributed by atoms with van der Waals surface area (Å²) in [6, 6.07) is 5.12. The number of halogens is 1. The normalized spacial score (nSPS) is 9.67. The fraction of sp³-hybridized carbons (Fsp3) is 0.200. The minimum Gasteiger partial charge on any atom is -0.481 e. The predicted molar refractivity (Wildman–Crippen MR) is 55.4 cm³/mol. The van der Waals surface area contributed by atoms with Crippen molar-refractivity contribution in [2.45, 2.75) is 13.0 Å². The van der Waals surface area contributed by atoms with E-state index in [2.05, 4.69) is 0 Å². The molecular weight excluding hydrogens is 216 g/mol. The molecule has 15 heavy (non-hydrogen) atoms. The lowest BCUT2D eigenvalue weighted by Gasteiger charge is -2.08. The molecule has 0 aliphatic heterocycles. The van der Waals surface area contributed by atoms with Gasteiger partial charge in [-0.05, 0) is 17.2 Å². The van der Waals surface area contributed by atoms with Gasteiger partial charge in [-0.2, -0.15) is 5.26 Å². The van der Waals surface area contributed by atoms with E-state index >= 15 is 0 Å². The Hall–Kier alpha value is -1.57. The Kier molecular flexibility index (Phi) is 3.67. The molecule has 0 saturated heterocycles. The van der Waals surface area contributed by atoms with E-state index in [9.17, 15) is 4.79 Å². The average molecular weight is 225 g/mol. The third-order valence-corrected chi connectivity index (χ3v) is 2.36. The van der Waals surface area contributed by atoms with E-state index in [4.69, 9.17) is 27.7 Å². The maximum atomic E-state index is 10.6. The molecule has 0 aliphatic carbocycles. The first kappa shape index (κ1) is 11.5. The second-order valence-electron chi connectivity index (χ2n) is 2.95. The number of hydrogen-bond donors (Lipinski definition) is 2. The number of rotatable bonds is 3.